The second-order valence-corrected chi connectivity index (χ2v) is 4.94. The molecule has 3 N–H and O–H groups in total. The van der Waals surface area contributed by atoms with E-state index in [4.69, 9.17) is 5.73 Å². The molecular weight excluding hydrogens is 303 g/mol. The van der Waals surface area contributed by atoms with Gasteiger partial charge in [0, 0.05) is 18.8 Å². The average Bonchev–Trinajstić information content (AvgIpc) is 2.53. The molecule has 0 saturated heterocycles. The van der Waals surface area contributed by atoms with E-state index >= 15 is 0 Å². The van der Waals surface area contributed by atoms with Crippen LogP contribution in [0.2, 0.25) is 0 Å². The SMILES string of the molecule is NC(=O)[C@H](CNc1ncccc1[N+](=O)[O-])Cc1ccc(F)cc1. The van der Waals surface area contributed by atoms with E-state index in [0.29, 0.717) is 6.42 Å². The van der Waals surface area contributed by atoms with Crippen LogP contribution in [0.4, 0.5) is 15.9 Å². The molecule has 0 aliphatic rings. The summed E-state index contributed by atoms with van der Waals surface area (Å²) < 4.78 is 12.9. The number of amides is 1. The van der Waals surface area contributed by atoms with E-state index in [0.717, 1.165) is 5.56 Å². The lowest BCUT2D eigenvalue weighted by molar-refractivity contribution is -0.384. The Morgan fingerprint density at radius 2 is 2.04 bits per heavy atom. The smallest absolute Gasteiger partial charge is 0.311 e. The van der Waals surface area contributed by atoms with Crippen LogP contribution in [-0.2, 0) is 11.2 Å². The average molecular weight is 318 g/mol. The van der Waals surface area contributed by atoms with E-state index in [1.807, 2.05) is 0 Å². The summed E-state index contributed by atoms with van der Waals surface area (Å²) in [6.07, 6.45) is 1.71. The van der Waals surface area contributed by atoms with Crippen LogP contribution >= 0.6 is 0 Å². The minimum Gasteiger partial charge on any atom is -0.369 e. The van der Waals surface area contributed by atoms with E-state index in [2.05, 4.69) is 10.3 Å². The fourth-order valence-electron chi connectivity index (χ4n) is 2.08. The van der Waals surface area contributed by atoms with Gasteiger partial charge in [-0.3, -0.25) is 14.9 Å². The molecule has 0 fully saturated rings. The van der Waals surface area contributed by atoms with Gasteiger partial charge in [-0.05, 0) is 30.2 Å². The number of rotatable bonds is 7. The number of carbonyl (C=O) groups is 1. The van der Waals surface area contributed by atoms with Crippen molar-refractivity contribution in [2.45, 2.75) is 6.42 Å². The van der Waals surface area contributed by atoms with Crippen molar-refractivity contribution in [2.75, 3.05) is 11.9 Å². The van der Waals surface area contributed by atoms with E-state index in [-0.39, 0.29) is 23.9 Å². The summed E-state index contributed by atoms with van der Waals surface area (Å²) in [5.74, 6) is -1.46. The first-order chi connectivity index (χ1) is 11.0. The lowest BCUT2D eigenvalue weighted by Gasteiger charge is -2.14. The molecule has 0 aliphatic heterocycles. The van der Waals surface area contributed by atoms with Gasteiger partial charge in [-0.2, -0.15) is 0 Å². The fourth-order valence-corrected chi connectivity index (χ4v) is 2.08. The number of nitrogens with zero attached hydrogens (tertiary/aromatic N) is 2. The number of nitro groups is 1. The maximum Gasteiger partial charge on any atom is 0.311 e. The number of anilines is 1. The van der Waals surface area contributed by atoms with Gasteiger partial charge in [0.05, 0.1) is 10.8 Å². The number of primary amides is 1. The first-order valence-electron chi connectivity index (χ1n) is 6.84. The molecule has 0 unspecified atom stereocenters. The number of pyridine rings is 1. The van der Waals surface area contributed by atoms with Crippen LogP contribution < -0.4 is 11.1 Å². The Bertz CT molecular complexity index is 706. The predicted molar refractivity (Wildman–Crippen MR) is 82.2 cm³/mol. The van der Waals surface area contributed by atoms with Crippen LogP contribution in [0.25, 0.3) is 0 Å². The molecule has 23 heavy (non-hydrogen) atoms. The van der Waals surface area contributed by atoms with Crippen molar-refractivity contribution >= 4 is 17.4 Å². The Morgan fingerprint density at radius 3 is 2.65 bits per heavy atom. The summed E-state index contributed by atoms with van der Waals surface area (Å²) >= 11 is 0. The highest BCUT2D eigenvalue weighted by Gasteiger charge is 2.19. The molecule has 120 valence electrons. The molecule has 2 rings (SSSR count). The highest BCUT2D eigenvalue weighted by atomic mass is 19.1. The first kappa shape index (κ1) is 16.3. The second-order valence-electron chi connectivity index (χ2n) is 4.94. The molecule has 8 heteroatoms. The van der Waals surface area contributed by atoms with Gasteiger partial charge >= 0.3 is 5.69 Å². The monoisotopic (exact) mass is 318 g/mol. The largest absolute Gasteiger partial charge is 0.369 e. The molecule has 1 aromatic carbocycles. The van der Waals surface area contributed by atoms with Gasteiger partial charge in [-0.1, -0.05) is 12.1 Å². The van der Waals surface area contributed by atoms with E-state index in [1.54, 1.807) is 12.1 Å². The van der Waals surface area contributed by atoms with Crippen LogP contribution in [0.3, 0.4) is 0 Å². The molecule has 1 amide bonds. The maximum absolute atomic E-state index is 12.9. The summed E-state index contributed by atoms with van der Waals surface area (Å²) in [6.45, 7) is 0.0879. The minimum atomic E-state index is -0.609. The lowest BCUT2D eigenvalue weighted by atomic mass is 9.98. The highest BCUT2D eigenvalue weighted by molar-refractivity contribution is 5.77. The molecule has 1 aromatic heterocycles. The van der Waals surface area contributed by atoms with Crippen molar-refractivity contribution in [2.24, 2.45) is 11.7 Å². The summed E-state index contributed by atoms with van der Waals surface area (Å²) in [5.41, 5.74) is 5.93. The molecule has 0 spiro atoms. The number of benzene rings is 1. The van der Waals surface area contributed by atoms with Crippen LogP contribution in [0.1, 0.15) is 5.56 Å². The Balaban J connectivity index is 2.07. The zero-order chi connectivity index (χ0) is 16.8. The molecule has 0 saturated carbocycles. The van der Waals surface area contributed by atoms with Gasteiger partial charge in [-0.15, -0.1) is 0 Å². The Kier molecular flexibility index (Phi) is 5.19. The van der Waals surface area contributed by atoms with Gasteiger partial charge in [-0.25, -0.2) is 9.37 Å². The third kappa shape index (κ3) is 4.47. The van der Waals surface area contributed by atoms with Crippen molar-refractivity contribution in [1.82, 2.24) is 4.98 Å². The van der Waals surface area contributed by atoms with E-state index in [1.165, 1.54) is 30.5 Å². The fraction of sp³-hybridized carbons (Fsp3) is 0.200. The Labute approximate surface area is 131 Å². The first-order valence-corrected chi connectivity index (χ1v) is 6.84. The number of aromatic nitrogens is 1. The van der Waals surface area contributed by atoms with Crippen molar-refractivity contribution in [3.8, 4) is 0 Å². The van der Waals surface area contributed by atoms with Crippen molar-refractivity contribution in [1.29, 1.82) is 0 Å². The van der Waals surface area contributed by atoms with Crippen molar-refractivity contribution < 1.29 is 14.1 Å². The molecule has 1 heterocycles. The minimum absolute atomic E-state index is 0.0721. The quantitative estimate of drug-likeness (QED) is 0.598. The van der Waals surface area contributed by atoms with Crippen LogP contribution in [-0.4, -0.2) is 22.4 Å². The van der Waals surface area contributed by atoms with Crippen LogP contribution in [0.15, 0.2) is 42.6 Å². The van der Waals surface area contributed by atoms with Gasteiger partial charge in [0.2, 0.25) is 11.7 Å². The third-order valence-electron chi connectivity index (χ3n) is 3.30. The van der Waals surface area contributed by atoms with Gasteiger partial charge in [0.15, 0.2) is 0 Å². The molecule has 1 atom stereocenters. The summed E-state index contributed by atoms with van der Waals surface area (Å²) in [4.78, 5) is 25.8. The normalized spacial score (nSPS) is 11.7. The zero-order valence-corrected chi connectivity index (χ0v) is 12.1. The van der Waals surface area contributed by atoms with Gasteiger partial charge in [0.1, 0.15) is 5.82 Å². The molecule has 7 nitrogen and oxygen atoms in total. The standard InChI is InChI=1S/C15H15FN4O3/c16-12-5-3-10(4-6-12)8-11(14(17)21)9-19-15-13(20(22)23)2-1-7-18-15/h1-7,11H,8-9H2,(H2,17,21)(H,18,19)/t11-/m0/s1. The van der Waals surface area contributed by atoms with E-state index in [9.17, 15) is 19.3 Å². The number of nitrogens with one attached hydrogen (secondary N) is 1. The molecule has 0 aliphatic carbocycles. The molecule has 0 radical (unpaired) electrons. The Hall–Kier alpha value is -3.03. The molecule has 2 aromatic rings. The molecular formula is C15H15FN4O3. The van der Waals surface area contributed by atoms with Crippen molar-refractivity contribution in [3.63, 3.8) is 0 Å². The van der Waals surface area contributed by atoms with Crippen LogP contribution in [0, 0.1) is 21.8 Å². The number of carbonyl (C=O) groups excluding carboxylic acids is 1. The molecule has 0 bridgehead atoms. The summed E-state index contributed by atoms with van der Waals surface area (Å²) in [5, 5.41) is 13.7. The Morgan fingerprint density at radius 1 is 1.35 bits per heavy atom. The highest BCUT2D eigenvalue weighted by Crippen LogP contribution is 2.21. The number of hydrogen-bond donors (Lipinski definition) is 2. The number of nitrogens with two attached hydrogens (primary N) is 1. The van der Waals surface area contributed by atoms with Gasteiger partial charge < -0.3 is 11.1 Å². The zero-order valence-electron chi connectivity index (χ0n) is 12.1. The predicted octanol–water partition coefficient (Wildman–Crippen LogP) is 1.88. The van der Waals surface area contributed by atoms with Gasteiger partial charge in [0.25, 0.3) is 0 Å². The number of hydrogen-bond acceptors (Lipinski definition) is 5. The van der Waals surface area contributed by atoms with Crippen molar-refractivity contribution in [3.05, 3.63) is 64.1 Å². The maximum atomic E-state index is 12.9. The number of halogens is 1. The lowest BCUT2D eigenvalue weighted by Crippen LogP contribution is -2.31. The second kappa shape index (κ2) is 7.30. The summed E-state index contributed by atoms with van der Waals surface area (Å²) in [7, 11) is 0. The van der Waals surface area contributed by atoms with E-state index < -0.39 is 16.7 Å². The topological polar surface area (TPSA) is 111 Å². The third-order valence-corrected chi connectivity index (χ3v) is 3.30. The summed E-state index contributed by atoms with van der Waals surface area (Å²) in [6, 6.07) is 8.49. The van der Waals surface area contributed by atoms with Crippen LogP contribution in [0.5, 0.6) is 0 Å².